The molecule has 4 heteroatoms. The van der Waals surface area contributed by atoms with Crippen molar-refractivity contribution in [2.45, 2.75) is 26.4 Å². The maximum absolute atomic E-state index is 11.1. The third kappa shape index (κ3) is 4.60. The van der Waals surface area contributed by atoms with E-state index < -0.39 is 0 Å². The first-order chi connectivity index (χ1) is 10.6. The van der Waals surface area contributed by atoms with E-state index >= 15 is 0 Å². The van der Waals surface area contributed by atoms with E-state index in [0.717, 1.165) is 23.5 Å². The molecule has 0 fully saturated rings. The molecule has 1 amide bonds. The van der Waals surface area contributed by atoms with Crippen molar-refractivity contribution >= 4 is 11.6 Å². The maximum Gasteiger partial charge on any atom is 0.221 e. The normalized spacial score (nSPS) is 11.8. The zero-order chi connectivity index (χ0) is 15.9. The summed E-state index contributed by atoms with van der Waals surface area (Å²) >= 11 is 0. The van der Waals surface area contributed by atoms with E-state index in [-0.39, 0.29) is 11.9 Å². The Morgan fingerprint density at radius 2 is 1.91 bits per heavy atom. The van der Waals surface area contributed by atoms with Crippen molar-refractivity contribution < 1.29 is 9.53 Å². The highest BCUT2D eigenvalue weighted by molar-refractivity contribution is 5.88. The second-order valence-corrected chi connectivity index (χ2v) is 5.26. The van der Waals surface area contributed by atoms with Gasteiger partial charge in [0.05, 0.1) is 7.11 Å². The van der Waals surface area contributed by atoms with Crippen LogP contribution in [0.1, 0.15) is 31.0 Å². The van der Waals surface area contributed by atoms with Crippen LogP contribution in [0.5, 0.6) is 5.75 Å². The highest BCUT2D eigenvalue weighted by Crippen LogP contribution is 2.18. The summed E-state index contributed by atoms with van der Waals surface area (Å²) in [5.41, 5.74) is 3.16. The Kier molecular flexibility index (Phi) is 5.55. The smallest absolute Gasteiger partial charge is 0.221 e. The first kappa shape index (κ1) is 16.0. The summed E-state index contributed by atoms with van der Waals surface area (Å²) in [6.07, 6.45) is 0. The molecule has 2 rings (SSSR count). The molecule has 0 radical (unpaired) electrons. The van der Waals surface area contributed by atoms with Crippen molar-refractivity contribution in [2.24, 2.45) is 0 Å². The number of carbonyl (C=O) groups is 1. The monoisotopic (exact) mass is 298 g/mol. The van der Waals surface area contributed by atoms with Crippen LogP contribution < -0.4 is 15.4 Å². The molecule has 0 unspecified atom stereocenters. The lowest BCUT2D eigenvalue weighted by atomic mass is 10.1. The van der Waals surface area contributed by atoms with Gasteiger partial charge in [-0.3, -0.25) is 4.79 Å². The fourth-order valence-electron chi connectivity index (χ4n) is 2.22. The third-order valence-corrected chi connectivity index (χ3v) is 3.48. The molecule has 22 heavy (non-hydrogen) atoms. The molecule has 0 saturated heterocycles. The van der Waals surface area contributed by atoms with Crippen molar-refractivity contribution in [3.63, 3.8) is 0 Å². The molecule has 1 atom stereocenters. The van der Waals surface area contributed by atoms with Crippen LogP contribution in [0.25, 0.3) is 0 Å². The summed E-state index contributed by atoms with van der Waals surface area (Å²) < 4.78 is 5.15. The van der Waals surface area contributed by atoms with Crippen molar-refractivity contribution in [2.75, 3.05) is 12.4 Å². The Morgan fingerprint density at radius 1 is 1.18 bits per heavy atom. The number of carbonyl (C=O) groups excluding carboxylic acids is 1. The van der Waals surface area contributed by atoms with E-state index in [1.165, 1.54) is 12.5 Å². The van der Waals surface area contributed by atoms with Gasteiger partial charge in [-0.1, -0.05) is 24.3 Å². The second kappa shape index (κ2) is 7.61. The van der Waals surface area contributed by atoms with Crippen LogP contribution in [0, 0.1) is 0 Å². The summed E-state index contributed by atoms with van der Waals surface area (Å²) in [5, 5.41) is 6.29. The van der Waals surface area contributed by atoms with Gasteiger partial charge in [-0.15, -0.1) is 0 Å². The van der Waals surface area contributed by atoms with Gasteiger partial charge in [0, 0.05) is 25.2 Å². The molecule has 0 heterocycles. The molecule has 0 saturated carbocycles. The van der Waals surface area contributed by atoms with E-state index in [4.69, 9.17) is 4.74 Å². The number of nitrogens with one attached hydrogen (secondary N) is 2. The number of benzene rings is 2. The van der Waals surface area contributed by atoms with Crippen LogP contribution in [0.2, 0.25) is 0 Å². The number of ether oxygens (including phenoxy) is 1. The third-order valence-electron chi connectivity index (χ3n) is 3.48. The van der Waals surface area contributed by atoms with E-state index in [9.17, 15) is 4.79 Å². The maximum atomic E-state index is 11.1. The standard InChI is InChI=1S/C18H22N2O2/c1-13(16-5-4-6-17(11-16)20-14(2)21)19-12-15-7-9-18(22-3)10-8-15/h4-11,13,19H,12H2,1-3H3,(H,20,21)/t13-/m1/s1. The van der Waals surface area contributed by atoms with Crippen molar-refractivity contribution in [1.82, 2.24) is 5.32 Å². The lowest BCUT2D eigenvalue weighted by Crippen LogP contribution is -2.18. The quantitative estimate of drug-likeness (QED) is 0.858. The molecule has 0 bridgehead atoms. The zero-order valence-corrected chi connectivity index (χ0v) is 13.2. The molecule has 4 nitrogen and oxygen atoms in total. The molecule has 2 aromatic rings. The molecule has 0 aromatic heterocycles. The van der Waals surface area contributed by atoms with Gasteiger partial charge in [-0.25, -0.2) is 0 Å². The van der Waals surface area contributed by atoms with Gasteiger partial charge in [0.1, 0.15) is 5.75 Å². The van der Waals surface area contributed by atoms with Crippen LogP contribution >= 0.6 is 0 Å². The van der Waals surface area contributed by atoms with E-state index in [2.05, 4.69) is 23.6 Å². The van der Waals surface area contributed by atoms with Gasteiger partial charge in [0.2, 0.25) is 5.91 Å². The van der Waals surface area contributed by atoms with Crippen LogP contribution in [0.15, 0.2) is 48.5 Å². The number of hydrogen-bond acceptors (Lipinski definition) is 3. The average molecular weight is 298 g/mol. The number of hydrogen-bond donors (Lipinski definition) is 2. The Balaban J connectivity index is 1.96. The van der Waals surface area contributed by atoms with Crippen LogP contribution in [0.4, 0.5) is 5.69 Å². The van der Waals surface area contributed by atoms with Crippen molar-refractivity contribution in [3.05, 3.63) is 59.7 Å². The summed E-state index contributed by atoms with van der Waals surface area (Å²) in [7, 11) is 1.66. The summed E-state index contributed by atoms with van der Waals surface area (Å²) in [5.74, 6) is 0.802. The molecule has 0 aliphatic heterocycles. The van der Waals surface area contributed by atoms with Gasteiger partial charge in [0.25, 0.3) is 0 Å². The number of rotatable bonds is 6. The largest absolute Gasteiger partial charge is 0.497 e. The molecular weight excluding hydrogens is 276 g/mol. The number of anilines is 1. The van der Waals surface area contributed by atoms with Crippen LogP contribution in [0.3, 0.4) is 0 Å². The van der Waals surface area contributed by atoms with Crippen molar-refractivity contribution in [1.29, 1.82) is 0 Å². The SMILES string of the molecule is COc1ccc(CN[C@H](C)c2cccc(NC(C)=O)c2)cc1. The Morgan fingerprint density at radius 3 is 2.55 bits per heavy atom. The van der Waals surface area contributed by atoms with E-state index in [1.54, 1.807) is 7.11 Å². The number of methoxy groups -OCH3 is 1. The second-order valence-electron chi connectivity index (χ2n) is 5.26. The Hall–Kier alpha value is -2.33. The summed E-state index contributed by atoms with van der Waals surface area (Å²) in [6, 6.07) is 16.1. The molecule has 0 spiro atoms. The fourth-order valence-corrected chi connectivity index (χ4v) is 2.22. The van der Waals surface area contributed by atoms with Gasteiger partial charge in [-0.2, -0.15) is 0 Å². The topological polar surface area (TPSA) is 50.4 Å². The Labute approximate surface area is 131 Å². The minimum absolute atomic E-state index is 0.0593. The molecule has 0 aliphatic carbocycles. The lowest BCUT2D eigenvalue weighted by Gasteiger charge is -2.15. The predicted octanol–water partition coefficient (Wildman–Crippen LogP) is 3.50. The lowest BCUT2D eigenvalue weighted by molar-refractivity contribution is -0.114. The molecule has 116 valence electrons. The van der Waals surface area contributed by atoms with Crippen LogP contribution in [-0.2, 0) is 11.3 Å². The first-order valence-corrected chi connectivity index (χ1v) is 7.32. The highest BCUT2D eigenvalue weighted by atomic mass is 16.5. The van der Waals surface area contributed by atoms with Crippen LogP contribution in [-0.4, -0.2) is 13.0 Å². The minimum atomic E-state index is -0.0593. The molecule has 2 aromatic carbocycles. The van der Waals surface area contributed by atoms with Crippen molar-refractivity contribution in [3.8, 4) is 5.75 Å². The fraction of sp³-hybridized carbons (Fsp3) is 0.278. The average Bonchev–Trinajstić information content (AvgIpc) is 2.52. The Bertz CT molecular complexity index is 623. The van der Waals surface area contributed by atoms with Gasteiger partial charge in [-0.05, 0) is 42.3 Å². The van der Waals surface area contributed by atoms with Gasteiger partial charge in [0.15, 0.2) is 0 Å². The van der Waals surface area contributed by atoms with E-state index in [0.29, 0.717) is 0 Å². The number of amides is 1. The zero-order valence-electron chi connectivity index (χ0n) is 13.2. The molecule has 0 aliphatic rings. The van der Waals surface area contributed by atoms with Gasteiger partial charge < -0.3 is 15.4 Å². The molecular formula is C18H22N2O2. The van der Waals surface area contributed by atoms with Gasteiger partial charge >= 0.3 is 0 Å². The predicted molar refractivity (Wildman–Crippen MR) is 89.0 cm³/mol. The minimum Gasteiger partial charge on any atom is -0.497 e. The summed E-state index contributed by atoms with van der Waals surface area (Å²) in [4.78, 5) is 11.1. The first-order valence-electron chi connectivity index (χ1n) is 7.32. The highest BCUT2D eigenvalue weighted by Gasteiger charge is 2.06. The van der Waals surface area contributed by atoms with E-state index in [1.807, 2.05) is 42.5 Å². The summed E-state index contributed by atoms with van der Waals surface area (Å²) in [6.45, 7) is 4.39. The molecule has 2 N–H and O–H groups in total.